The Bertz CT molecular complexity index is 3140. The lowest BCUT2D eigenvalue weighted by Crippen LogP contribution is -2.14. The van der Waals surface area contributed by atoms with Gasteiger partial charge in [-0.2, -0.15) is 9.97 Å². The molecule has 0 bridgehead atoms. The van der Waals surface area contributed by atoms with E-state index in [0.717, 1.165) is 72.8 Å². The fourth-order valence-corrected chi connectivity index (χ4v) is 8.64. The van der Waals surface area contributed by atoms with E-state index in [-0.39, 0.29) is 18.3 Å². The lowest BCUT2D eigenvalue weighted by Gasteiger charge is -2.19. The third-order valence-electron chi connectivity index (χ3n) is 11.6. The summed E-state index contributed by atoms with van der Waals surface area (Å²) in [6.45, 7) is 3.57. The Balaban J connectivity index is 1.30. The first kappa shape index (κ1) is 34.6. The zero-order valence-corrected chi connectivity index (χ0v) is 31.9. The summed E-state index contributed by atoms with van der Waals surface area (Å²) in [6.07, 6.45) is 4.94. The molecule has 0 saturated carbocycles. The summed E-state index contributed by atoms with van der Waals surface area (Å²) in [5, 5.41) is 25.5. The van der Waals surface area contributed by atoms with Gasteiger partial charge >= 0.3 is 0 Å². The summed E-state index contributed by atoms with van der Waals surface area (Å²) in [6, 6.07) is 39.9. The molecular weight excluding hydrogens is 703 g/mol. The van der Waals surface area contributed by atoms with Crippen LogP contribution < -0.4 is 4.74 Å². The number of aromatic nitrogens is 5. The number of hydrogen-bond acceptors (Lipinski definition) is 6. The second-order valence-corrected chi connectivity index (χ2v) is 14.8. The Morgan fingerprint density at radius 3 is 2.21 bits per heavy atom. The first-order chi connectivity index (χ1) is 27.8. The molecule has 2 N–H and O–H groups in total. The summed E-state index contributed by atoms with van der Waals surface area (Å²) in [5.41, 5.74) is 9.68. The number of ether oxygens (including phenoxy) is 1. The number of aliphatic hydroxyl groups is 2. The van der Waals surface area contributed by atoms with Crippen LogP contribution >= 0.6 is 0 Å². The summed E-state index contributed by atoms with van der Waals surface area (Å²) < 4.78 is 10.9. The minimum Gasteiger partial charge on any atom is -0.509 e. The van der Waals surface area contributed by atoms with Crippen LogP contribution in [-0.2, 0) is 0 Å². The highest BCUT2D eigenvalue weighted by Crippen LogP contribution is 2.46. The van der Waals surface area contributed by atoms with E-state index in [0.29, 0.717) is 39.6 Å². The zero-order valence-electron chi connectivity index (χ0n) is 31.9. The van der Waals surface area contributed by atoms with Crippen LogP contribution in [0, 0.1) is 0 Å². The third-order valence-corrected chi connectivity index (χ3v) is 11.6. The standard InChI is InChI=1S/C46H36B3N5O3/c1-25(56)41(48)42(49)40(33(47)24-55)45-50-44(26-19-20-30-29-14-7-10-18-37(29)57-38(30)23-26)51-46(52-45)54-34-16-8-5-13-28(34)31-21-22-36-39(43(31)54)32-15-6-9-17-35(32)53(36)27-11-3-2-4-12-27/h2-19,21-23,30,55-56H,1,20,24,47-49H2/b40-33-,42-41-. The van der Waals surface area contributed by atoms with Crippen LogP contribution in [0.25, 0.3) is 66.4 Å². The molecule has 1 atom stereocenters. The largest absolute Gasteiger partial charge is 0.509 e. The molecule has 1 unspecified atom stereocenters. The van der Waals surface area contributed by atoms with Gasteiger partial charge in [-0.3, -0.25) is 4.57 Å². The molecule has 0 spiro atoms. The van der Waals surface area contributed by atoms with E-state index >= 15 is 0 Å². The van der Waals surface area contributed by atoms with Gasteiger partial charge in [0.15, 0.2) is 11.6 Å². The number of para-hydroxylation sites is 4. The van der Waals surface area contributed by atoms with Crippen LogP contribution in [0.5, 0.6) is 5.75 Å². The highest BCUT2D eigenvalue weighted by atomic mass is 16.5. The zero-order chi connectivity index (χ0) is 38.9. The van der Waals surface area contributed by atoms with Crippen molar-refractivity contribution >= 4 is 78.3 Å². The first-order valence-corrected chi connectivity index (χ1v) is 19.2. The predicted molar refractivity (Wildman–Crippen MR) is 237 cm³/mol. The number of benzene rings is 5. The summed E-state index contributed by atoms with van der Waals surface area (Å²) in [5.74, 6) is 3.06. The van der Waals surface area contributed by atoms with Gasteiger partial charge in [0.1, 0.15) is 40.8 Å². The number of fused-ring (bicyclic) bond motifs is 10. The van der Waals surface area contributed by atoms with Crippen molar-refractivity contribution in [1.82, 2.24) is 24.1 Å². The van der Waals surface area contributed by atoms with Crippen LogP contribution in [0.1, 0.15) is 29.6 Å². The molecular formula is C46H36B3N5O3. The Morgan fingerprint density at radius 1 is 0.737 bits per heavy atom. The molecule has 0 saturated heterocycles. The Hall–Kier alpha value is -6.84. The maximum absolute atomic E-state index is 10.6. The Morgan fingerprint density at radius 2 is 1.44 bits per heavy atom. The molecule has 0 fully saturated rings. The molecule has 272 valence electrons. The van der Waals surface area contributed by atoms with Crippen molar-refractivity contribution in [3.63, 3.8) is 0 Å². The number of rotatable bonds is 7. The average molecular weight is 739 g/mol. The van der Waals surface area contributed by atoms with Gasteiger partial charge in [-0.25, -0.2) is 4.98 Å². The first-order valence-electron chi connectivity index (χ1n) is 19.2. The number of nitrogens with zero attached hydrogens (tertiary/aromatic N) is 5. The molecule has 8 aromatic rings. The molecule has 57 heavy (non-hydrogen) atoms. The second kappa shape index (κ2) is 13.4. The molecule has 1 aliphatic carbocycles. The van der Waals surface area contributed by atoms with E-state index in [9.17, 15) is 10.2 Å². The van der Waals surface area contributed by atoms with Gasteiger partial charge in [-0.15, -0.1) is 0 Å². The van der Waals surface area contributed by atoms with E-state index in [1.54, 1.807) is 7.85 Å². The number of hydrogen-bond donors (Lipinski definition) is 2. The smallest absolute Gasteiger partial charge is 0.238 e. The van der Waals surface area contributed by atoms with Crippen molar-refractivity contribution in [3.05, 3.63) is 179 Å². The maximum Gasteiger partial charge on any atom is 0.238 e. The van der Waals surface area contributed by atoms with Gasteiger partial charge in [0.05, 0.1) is 28.7 Å². The van der Waals surface area contributed by atoms with Crippen molar-refractivity contribution in [2.75, 3.05) is 6.61 Å². The summed E-state index contributed by atoms with van der Waals surface area (Å²) in [7, 11) is 5.56. The maximum atomic E-state index is 10.6. The summed E-state index contributed by atoms with van der Waals surface area (Å²) in [4.78, 5) is 15.8. The van der Waals surface area contributed by atoms with E-state index in [1.807, 2.05) is 52.1 Å². The normalized spacial score (nSPS) is 15.8. The van der Waals surface area contributed by atoms with Crippen molar-refractivity contribution in [1.29, 1.82) is 0 Å². The fourth-order valence-electron chi connectivity index (χ4n) is 8.64. The van der Waals surface area contributed by atoms with Gasteiger partial charge in [-0.1, -0.05) is 108 Å². The minimum atomic E-state index is -0.232. The average Bonchev–Trinajstić information content (AvgIpc) is 3.90. The van der Waals surface area contributed by atoms with Crippen LogP contribution in [0.2, 0.25) is 0 Å². The SMILES string of the molecule is B/C(C(=C)O)=C(B)/C(=C(/B)CO)c1nc(C2=CCC3C(=C2)Oc2ccccc23)nc(-n2c3ccccc3c3ccc4c(c5ccccc5n4-c4ccccc4)c32)n1. The van der Waals surface area contributed by atoms with Crippen LogP contribution in [0.15, 0.2) is 162 Å². The molecule has 0 amide bonds. The van der Waals surface area contributed by atoms with Crippen LogP contribution in [0.3, 0.4) is 0 Å². The van der Waals surface area contributed by atoms with Crippen molar-refractivity contribution in [2.24, 2.45) is 0 Å². The van der Waals surface area contributed by atoms with Gasteiger partial charge in [0, 0.05) is 49.9 Å². The minimum absolute atomic E-state index is 0.0615. The monoisotopic (exact) mass is 739 g/mol. The summed E-state index contributed by atoms with van der Waals surface area (Å²) >= 11 is 0. The van der Waals surface area contributed by atoms with E-state index < -0.39 is 0 Å². The number of allylic oxidation sites excluding steroid dienone is 7. The quantitative estimate of drug-likeness (QED) is 0.106. The van der Waals surface area contributed by atoms with Gasteiger partial charge < -0.3 is 19.5 Å². The lowest BCUT2D eigenvalue weighted by atomic mass is 9.72. The van der Waals surface area contributed by atoms with Crippen LogP contribution in [0.4, 0.5) is 0 Å². The second-order valence-electron chi connectivity index (χ2n) is 14.8. The molecule has 1 aliphatic heterocycles. The molecule has 5 aromatic carbocycles. The van der Waals surface area contributed by atoms with Crippen molar-refractivity contribution in [2.45, 2.75) is 12.3 Å². The van der Waals surface area contributed by atoms with Gasteiger partial charge in [-0.05, 0) is 48.9 Å². The van der Waals surface area contributed by atoms with E-state index in [1.165, 1.54) is 5.56 Å². The fraction of sp³-hybridized carbons (Fsp3) is 0.0652. The van der Waals surface area contributed by atoms with Crippen LogP contribution in [-0.4, -0.2) is 64.4 Å². The molecule has 10 rings (SSSR count). The van der Waals surface area contributed by atoms with Gasteiger partial charge in [0.2, 0.25) is 5.95 Å². The predicted octanol–water partition coefficient (Wildman–Crippen LogP) is 6.80. The molecule has 11 heteroatoms. The van der Waals surface area contributed by atoms with Crippen molar-refractivity contribution < 1.29 is 14.9 Å². The highest BCUT2D eigenvalue weighted by molar-refractivity contribution is 6.41. The Labute approximate surface area is 331 Å². The van der Waals surface area contributed by atoms with E-state index in [2.05, 4.69) is 107 Å². The molecule has 8 nitrogen and oxygen atoms in total. The molecule has 3 aromatic heterocycles. The molecule has 2 aliphatic rings. The topological polar surface area (TPSA) is 98.2 Å². The van der Waals surface area contributed by atoms with E-state index in [4.69, 9.17) is 19.7 Å². The lowest BCUT2D eigenvalue weighted by molar-refractivity contribution is 0.339. The molecule has 0 radical (unpaired) electrons. The molecule has 4 heterocycles. The van der Waals surface area contributed by atoms with Gasteiger partial charge in [0.25, 0.3) is 0 Å². The third kappa shape index (κ3) is 5.41. The Kier molecular flexibility index (Phi) is 8.16. The highest BCUT2D eigenvalue weighted by Gasteiger charge is 2.32. The number of aliphatic hydroxyl groups excluding tert-OH is 2. The van der Waals surface area contributed by atoms with Crippen molar-refractivity contribution in [3.8, 4) is 17.4 Å².